The maximum absolute atomic E-state index is 14.1. The molecule has 210 valence electrons. The van der Waals surface area contributed by atoms with Gasteiger partial charge < -0.3 is 15.0 Å². The topological polar surface area (TPSA) is 118 Å². The summed E-state index contributed by atoms with van der Waals surface area (Å²) in [5.74, 6) is -0.229. The number of nitrogens with one attached hydrogen (secondary N) is 1. The van der Waals surface area contributed by atoms with Crippen LogP contribution in [0.3, 0.4) is 0 Å². The molecule has 4 aromatic rings. The first kappa shape index (κ1) is 27.5. The van der Waals surface area contributed by atoms with Crippen molar-refractivity contribution in [1.29, 1.82) is 0 Å². The number of amides is 2. The molecule has 0 saturated heterocycles. The minimum Gasteiger partial charge on any atom is -0.489 e. The van der Waals surface area contributed by atoms with Gasteiger partial charge in [-0.25, -0.2) is 24.0 Å². The largest absolute Gasteiger partial charge is 0.489 e. The quantitative estimate of drug-likeness (QED) is 0.318. The number of halogens is 3. The predicted octanol–water partition coefficient (Wildman–Crippen LogP) is 3.30. The highest BCUT2D eigenvalue weighted by Crippen LogP contribution is 2.32. The molecule has 1 atom stereocenters. The summed E-state index contributed by atoms with van der Waals surface area (Å²) in [7, 11) is 1.64. The van der Waals surface area contributed by atoms with Crippen molar-refractivity contribution in [3.05, 3.63) is 80.5 Å². The molecule has 2 amide bonds. The molecule has 14 heteroatoms. The maximum Gasteiger partial charge on any atom is 0.289 e. The molecule has 0 saturated carbocycles. The fourth-order valence-electron chi connectivity index (χ4n) is 4.80. The second kappa shape index (κ2) is 11.3. The molecule has 11 nitrogen and oxygen atoms in total. The zero-order valence-corrected chi connectivity index (χ0v) is 24.6. The molecule has 0 fully saturated rings. The molecule has 0 bridgehead atoms. The Kier molecular flexibility index (Phi) is 7.57. The SMILES string of the molecule is CN1C(=O)[C@@H](NC(=O)c2ncc(Cl)c(-c3ccc(I)c(F)c3)n2)COc2ccc(CN3CCn4ncnc4C3)cc21. The Labute approximate surface area is 252 Å². The van der Waals surface area contributed by atoms with Crippen LogP contribution in [0.25, 0.3) is 11.3 Å². The summed E-state index contributed by atoms with van der Waals surface area (Å²) in [6.45, 7) is 2.88. The number of hydrogen-bond acceptors (Lipinski definition) is 8. The van der Waals surface area contributed by atoms with E-state index in [-0.39, 0.29) is 29.1 Å². The predicted molar refractivity (Wildman–Crippen MR) is 156 cm³/mol. The van der Waals surface area contributed by atoms with Gasteiger partial charge in [0.15, 0.2) is 0 Å². The maximum atomic E-state index is 14.1. The molecule has 6 rings (SSSR count). The Morgan fingerprint density at radius 1 is 1.22 bits per heavy atom. The van der Waals surface area contributed by atoms with E-state index in [0.717, 1.165) is 24.5 Å². The Bertz CT molecular complexity index is 1670. The van der Waals surface area contributed by atoms with Gasteiger partial charge in [0, 0.05) is 29.3 Å². The second-order valence-electron chi connectivity index (χ2n) is 9.67. The summed E-state index contributed by atoms with van der Waals surface area (Å²) >= 11 is 8.13. The number of fused-ring (bicyclic) bond motifs is 2. The lowest BCUT2D eigenvalue weighted by atomic mass is 10.1. The number of likely N-dealkylation sites (N-methyl/N-ethyl adjacent to an activating group) is 1. The molecule has 0 unspecified atom stereocenters. The fourth-order valence-corrected chi connectivity index (χ4v) is 5.33. The normalized spacial score (nSPS) is 16.9. The van der Waals surface area contributed by atoms with Crippen LogP contribution in [0.15, 0.2) is 48.9 Å². The standard InChI is InChI=1S/C27H23ClFIN8O3/c1-36-21-8-15(11-37-6-7-38-23(12-37)32-14-33-38)2-5-22(21)41-13-20(27(36)40)34-26(39)25-31-10-17(28)24(35-25)16-3-4-19(30)18(29)9-16/h2-5,8-10,14,20H,6-7,11-13H2,1H3,(H,34,39)/t20-/m0/s1. The minimum atomic E-state index is -0.990. The highest BCUT2D eigenvalue weighted by molar-refractivity contribution is 14.1. The number of carbonyl (C=O) groups is 2. The Balaban J connectivity index is 1.16. The summed E-state index contributed by atoms with van der Waals surface area (Å²) in [5.41, 5.74) is 2.22. The molecule has 2 aromatic carbocycles. The van der Waals surface area contributed by atoms with E-state index in [0.29, 0.717) is 33.7 Å². The lowest BCUT2D eigenvalue weighted by Gasteiger charge is -2.27. The summed E-state index contributed by atoms with van der Waals surface area (Å²) < 4.78 is 22.4. The van der Waals surface area contributed by atoms with Crippen molar-refractivity contribution in [1.82, 2.24) is 34.9 Å². The smallest absolute Gasteiger partial charge is 0.289 e. The van der Waals surface area contributed by atoms with E-state index in [1.807, 2.05) is 45.5 Å². The van der Waals surface area contributed by atoms with Gasteiger partial charge in [-0.1, -0.05) is 23.7 Å². The zero-order chi connectivity index (χ0) is 28.7. The van der Waals surface area contributed by atoms with E-state index in [1.54, 1.807) is 25.5 Å². The third-order valence-corrected chi connectivity index (χ3v) is 8.11. The van der Waals surface area contributed by atoms with Gasteiger partial charge in [0.05, 0.1) is 35.7 Å². The Morgan fingerprint density at radius 3 is 2.90 bits per heavy atom. The van der Waals surface area contributed by atoms with Crippen LogP contribution in [-0.4, -0.2) is 67.7 Å². The highest BCUT2D eigenvalue weighted by Gasteiger charge is 2.32. The van der Waals surface area contributed by atoms with Crippen molar-refractivity contribution in [2.75, 3.05) is 25.1 Å². The van der Waals surface area contributed by atoms with Gasteiger partial charge >= 0.3 is 0 Å². The Hall–Kier alpha value is -3.69. The molecule has 0 radical (unpaired) electrons. The number of carbonyl (C=O) groups excluding carboxylic acids is 2. The number of nitrogens with zero attached hydrogens (tertiary/aromatic N) is 7. The van der Waals surface area contributed by atoms with Gasteiger partial charge in [0.2, 0.25) is 5.82 Å². The average Bonchev–Trinajstić information content (AvgIpc) is 3.40. The molecule has 2 aliphatic rings. The summed E-state index contributed by atoms with van der Waals surface area (Å²) in [4.78, 5) is 42.8. The summed E-state index contributed by atoms with van der Waals surface area (Å²) in [6.07, 6.45) is 2.84. The van der Waals surface area contributed by atoms with Crippen LogP contribution in [0.2, 0.25) is 5.02 Å². The van der Waals surface area contributed by atoms with Crippen molar-refractivity contribution in [2.24, 2.45) is 0 Å². The van der Waals surface area contributed by atoms with E-state index >= 15 is 0 Å². The van der Waals surface area contributed by atoms with Crippen molar-refractivity contribution < 1.29 is 18.7 Å². The number of aromatic nitrogens is 5. The molecule has 2 aromatic heterocycles. The monoisotopic (exact) mass is 688 g/mol. The van der Waals surface area contributed by atoms with Crippen LogP contribution in [0.1, 0.15) is 22.0 Å². The molecule has 4 heterocycles. The number of rotatable bonds is 5. The van der Waals surface area contributed by atoms with E-state index in [4.69, 9.17) is 16.3 Å². The van der Waals surface area contributed by atoms with Crippen molar-refractivity contribution in [3.8, 4) is 17.0 Å². The van der Waals surface area contributed by atoms with Crippen LogP contribution >= 0.6 is 34.2 Å². The second-order valence-corrected chi connectivity index (χ2v) is 11.2. The van der Waals surface area contributed by atoms with Gasteiger partial charge in [-0.3, -0.25) is 14.5 Å². The van der Waals surface area contributed by atoms with Gasteiger partial charge in [-0.2, -0.15) is 5.10 Å². The van der Waals surface area contributed by atoms with Gasteiger partial charge in [0.25, 0.3) is 11.8 Å². The van der Waals surface area contributed by atoms with E-state index < -0.39 is 17.8 Å². The summed E-state index contributed by atoms with van der Waals surface area (Å²) in [5, 5.41) is 7.05. The molecule has 1 N–H and O–H groups in total. The Morgan fingerprint density at radius 2 is 2.07 bits per heavy atom. The molecule has 41 heavy (non-hydrogen) atoms. The van der Waals surface area contributed by atoms with Gasteiger partial charge in [-0.05, 0) is 52.4 Å². The number of anilines is 1. The van der Waals surface area contributed by atoms with E-state index in [9.17, 15) is 14.0 Å². The van der Waals surface area contributed by atoms with Crippen LogP contribution in [0.5, 0.6) is 5.75 Å². The molecule has 0 spiro atoms. The van der Waals surface area contributed by atoms with E-state index in [1.165, 1.54) is 17.2 Å². The van der Waals surface area contributed by atoms with Crippen molar-refractivity contribution in [2.45, 2.75) is 25.7 Å². The molecular formula is C27H23ClFIN8O3. The van der Waals surface area contributed by atoms with Crippen LogP contribution in [0.4, 0.5) is 10.1 Å². The highest BCUT2D eigenvalue weighted by atomic mass is 127. The minimum absolute atomic E-state index is 0.0776. The number of ether oxygens (including phenoxy) is 1. The van der Waals surface area contributed by atoms with Crippen LogP contribution in [0, 0.1) is 9.39 Å². The molecule has 0 aliphatic carbocycles. The average molecular weight is 689 g/mol. The molecule has 2 aliphatic heterocycles. The van der Waals surface area contributed by atoms with E-state index in [2.05, 4.69) is 30.3 Å². The number of hydrogen-bond donors (Lipinski definition) is 1. The zero-order valence-electron chi connectivity index (χ0n) is 21.7. The van der Waals surface area contributed by atoms with Crippen molar-refractivity contribution in [3.63, 3.8) is 0 Å². The third-order valence-electron chi connectivity index (χ3n) is 6.96. The fraction of sp³-hybridized carbons (Fsp3) is 0.259. The lowest BCUT2D eigenvalue weighted by Crippen LogP contribution is -2.49. The number of benzene rings is 2. The third kappa shape index (κ3) is 5.61. The van der Waals surface area contributed by atoms with Gasteiger partial charge in [-0.15, -0.1) is 0 Å². The van der Waals surface area contributed by atoms with Crippen LogP contribution < -0.4 is 15.0 Å². The summed E-state index contributed by atoms with van der Waals surface area (Å²) in [6, 6.07) is 9.26. The first-order valence-corrected chi connectivity index (χ1v) is 14.1. The first-order valence-electron chi connectivity index (χ1n) is 12.7. The van der Waals surface area contributed by atoms with Crippen molar-refractivity contribution >= 4 is 51.7 Å². The lowest BCUT2D eigenvalue weighted by molar-refractivity contribution is -0.120. The van der Waals surface area contributed by atoms with Gasteiger partial charge in [0.1, 0.15) is 36.4 Å². The first-order chi connectivity index (χ1) is 19.8. The molecular weight excluding hydrogens is 666 g/mol. The van der Waals surface area contributed by atoms with Crippen LogP contribution in [-0.2, 0) is 24.4 Å².